The van der Waals surface area contributed by atoms with Crippen molar-refractivity contribution in [3.8, 4) is 0 Å². The second-order valence-electron chi connectivity index (χ2n) is 5.57. The summed E-state index contributed by atoms with van der Waals surface area (Å²) in [6.07, 6.45) is 1.28. The molecule has 0 atom stereocenters. The largest absolute Gasteiger partial charge is 0.361 e. The van der Waals surface area contributed by atoms with Gasteiger partial charge in [0.05, 0.1) is 10.6 Å². The minimum absolute atomic E-state index is 0.0357. The number of aryl methyl sites for hydroxylation is 3. The molecule has 24 heavy (non-hydrogen) atoms. The number of sulfonamides is 1. The molecule has 0 saturated carbocycles. The van der Waals surface area contributed by atoms with Crippen molar-refractivity contribution >= 4 is 21.6 Å². The van der Waals surface area contributed by atoms with Gasteiger partial charge in [-0.15, -0.1) is 0 Å². The summed E-state index contributed by atoms with van der Waals surface area (Å²) in [5.41, 5.74) is 2.70. The third-order valence-electron chi connectivity index (χ3n) is 3.82. The second kappa shape index (κ2) is 7.14. The minimum Gasteiger partial charge on any atom is -0.361 e. The van der Waals surface area contributed by atoms with E-state index in [0.29, 0.717) is 29.9 Å². The summed E-state index contributed by atoms with van der Waals surface area (Å²) < 4.78 is 28.4. The average molecular weight is 351 g/mol. The molecule has 3 N–H and O–H groups in total. The predicted molar refractivity (Wildman–Crippen MR) is 90.1 cm³/mol. The molecule has 0 saturated heterocycles. The summed E-state index contributed by atoms with van der Waals surface area (Å²) in [6.45, 7) is 5.46. The molecular formula is C16H21N3O4S. The Morgan fingerprint density at radius 1 is 1.33 bits per heavy atom. The molecule has 1 amide bonds. The molecule has 0 spiro atoms. The molecule has 0 radical (unpaired) electrons. The van der Waals surface area contributed by atoms with Crippen LogP contribution < -0.4 is 10.5 Å². The van der Waals surface area contributed by atoms with Gasteiger partial charge in [-0.25, -0.2) is 13.6 Å². The van der Waals surface area contributed by atoms with Crippen LogP contribution in [0.1, 0.15) is 35.9 Å². The topological polar surface area (TPSA) is 115 Å². The van der Waals surface area contributed by atoms with Crippen molar-refractivity contribution in [1.29, 1.82) is 0 Å². The van der Waals surface area contributed by atoms with Crippen molar-refractivity contribution in [1.82, 2.24) is 5.16 Å². The van der Waals surface area contributed by atoms with E-state index in [1.54, 1.807) is 19.1 Å². The lowest BCUT2D eigenvalue weighted by molar-refractivity contribution is -0.116. The van der Waals surface area contributed by atoms with E-state index in [1.807, 2.05) is 13.8 Å². The van der Waals surface area contributed by atoms with Gasteiger partial charge in [0, 0.05) is 17.7 Å². The van der Waals surface area contributed by atoms with Gasteiger partial charge < -0.3 is 9.84 Å². The van der Waals surface area contributed by atoms with Crippen LogP contribution in [-0.2, 0) is 27.7 Å². The minimum atomic E-state index is -3.83. The van der Waals surface area contributed by atoms with E-state index in [9.17, 15) is 13.2 Å². The number of amides is 1. The number of hydrogen-bond acceptors (Lipinski definition) is 5. The van der Waals surface area contributed by atoms with Gasteiger partial charge in [0.25, 0.3) is 0 Å². The van der Waals surface area contributed by atoms with Gasteiger partial charge in [0.2, 0.25) is 15.9 Å². The number of benzene rings is 1. The zero-order valence-corrected chi connectivity index (χ0v) is 14.7. The van der Waals surface area contributed by atoms with Gasteiger partial charge in [-0.3, -0.25) is 4.79 Å². The Hall–Kier alpha value is -2.19. The molecule has 2 rings (SSSR count). The Morgan fingerprint density at radius 2 is 2.04 bits per heavy atom. The SMILES string of the molecule is CCc1ccc(NC(=O)CCc2c(C)noc2C)cc1S(N)(=O)=O. The smallest absolute Gasteiger partial charge is 0.238 e. The van der Waals surface area contributed by atoms with E-state index >= 15 is 0 Å². The molecule has 0 unspecified atom stereocenters. The molecule has 130 valence electrons. The Bertz CT molecular complexity index is 837. The quantitative estimate of drug-likeness (QED) is 0.826. The number of aromatic nitrogens is 1. The predicted octanol–water partition coefficient (Wildman–Crippen LogP) is 2.07. The molecule has 0 aliphatic carbocycles. The zero-order valence-electron chi connectivity index (χ0n) is 13.9. The molecule has 0 fully saturated rings. The number of hydrogen-bond donors (Lipinski definition) is 2. The lowest BCUT2D eigenvalue weighted by Crippen LogP contribution is -2.17. The van der Waals surface area contributed by atoms with Gasteiger partial charge in [0.1, 0.15) is 5.76 Å². The summed E-state index contributed by atoms with van der Waals surface area (Å²) in [5, 5.41) is 11.8. The monoisotopic (exact) mass is 351 g/mol. The lowest BCUT2D eigenvalue weighted by atomic mass is 10.1. The van der Waals surface area contributed by atoms with Gasteiger partial charge in [0.15, 0.2) is 0 Å². The summed E-state index contributed by atoms with van der Waals surface area (Å²) in [5.74, 6) is 0.476. The van der Waals surface area contributed by atoms with Crippen LogP contribution in [0.25, 0.3) is 0 Å². The highest BCUT2D eigenvalue weighted by Crippen LogP contribution is 2.21. The maximum Gasteiger partial charge on any atom is 0.238 e. The summed E-state index contributed by atoms with van der Waals surface area (Å²) in [6, 6.07) is 4.72. The van der Waals surface area contributed by atoms with Crippen LogP contribution in [-0.4, -0.2) is 19.5 Å². The molecule has 0 aliphatic heterocycles. The van der Waals surface area contributed by atoms with Crippen molar-refractivity contribution in [2.75, 3.05) is 5.32 Å². The number of carbonyl (C=O) groups excluding carboxylic acids is 1. The first-order valence-electron chi connectivity index (χ1n) is 7.59. The first kappa shape index (κ1) is 18.2. The van der Waals surface area contributed by atoms with Crippen LogP contribution in [0.3, 0.4) is 0 Å². The van der Waals surface area contributed by atoms with Crippen molar-refractivity contribution in [3.63, 3.8) is 0 Å². The van der Waals surface area contributed by atoms with Crippen LogP contribution in [0.5, 0.6) is 0 Å². The Labute approximate surface area is 141 Å². The van der Waals surface area contributed by atoms with Gasteiger partial charge in [-0.2, -0.15) is 0 Å². The standard InChI is InChI=1S/C16H21N3O4S/c1-4-12-5-6-13(9-15(12)24(17,21)22)18-16(20)8-7-14-10(2)19-23-11(14)3/h5-6,9H,4,7-8H2,1-3H3,(H,18,20)(H2,17,21,22). The van der Waals surface area contributed by atoms with Crippen LogP contribution in [0.2, 0.25) is 0 Å². The Balaban J connectivity index is 2.09. The van der Waals surface area contributed by atoms with Crippen molar-refractivity contribution < 1.29 is 17.7 Å². The maximum absolute atomic E-state index is 12.1. The lowest BCUT2D eigenvalue weighted by Gasteiger charge is -2.10. The van der Waals surface area contributed by atoms with Crippen molar-refractivity contribution in [3.05, 3.63) is 40.8 Å². The number of nitrogens with zero attached hydrogens (tertiary/aromatic N) is 1. The molecule has 7 nitrogen and oxygen atoms in total. The zero-order chi connectivity index (χ0) is 17.9. The van der Waals surface area contributed by atoms with Crippen molar-refractivity contribution in [2.24, 2.45) is 5.14 Å². The first-order chi connectivity index (χ1) is 11.2. The van der Waals surface area contributed by atoms with Gasteiger partial charge >= 0.3 is 0 Å². The Kier molecular flexibility index (Phi) is 5.40. The maximum atomic E-state index is 12.1. The normalized spacial score (nSPS) is 11.5. The molecule has 1 heterocycles. The summed E-state index contributed by atoms with van der Waals surface area (Å²) >= 11 is 0. The highest BCUT2D eigenvalue weighted by molar-refractivity contribution is 7.89. The molecule has 8 heteroatoms. The summed E-state index contributed by atoms with van der Waals surface area (Å²) in [4.78, 5) is 12.1. The van der Waals surface area contributed by atoms with E-state index in [1.165, 1.54) is 6.07 Å². The molecule has 1 aromatic heterocycles. The average Bonchev–Trinajstić information content (AvgIpc) is 2.83. The first-order valence-corrected chi connectivity index (χ1v) is 9.14. The Morgan fingerprint density at radius 3 is 2.58 bits per heavy atom. The van der Waals surface area contributed by atoms with E-state index in [4.69, 9.17) is 9.66 Å². The van der Waals surface area contributed by atoms with E-state index in [2.05, 4.69) is 10.5 Å². The number of nitrogens with one attached hydrogen (secondary N) is 1. The fourth-order valence-electron chi connectivity index (χ4n) is 2.51. The second-order valence-corrected chi connectivity index (χ2v) is 7.10. The highest BCUT2D eigenvalue weighted by atomic mass is 32.2. The number of rotatable bonds is 6. The van der Waals surface area contributed by atoms with E-state index < -0.39 is 10.0 Å². The van der Waals surface area contributed by atoms with Gasteiger partial charge in [-0.1, -0.05) is 18.1 Å². The molecule has 0 aliphatic rings. The number of nitrogens with two attached hydrogens (primary N) is 1. The molecular weight excluding hydrogens is 330 g/mol. The highest BCUT2D eigenvalue weighted by Gasteiger charge is 2.15. The summed E-state index contributed by atoms with van der Waals surface area (Å²) in [7, 11) is -3.83. The molecule has 1 aromatic carbocycles. The van der Waals surface area contributed by atoms with E-state index in [0.717, 1.165) is 11.3 Å². The fourth-order valence-corrected chi connectivity index (χ4v) is 3.38. The van der Waals surface area contributed by atoms with Crippen LogP contribution >= 0.6 is 0 Å². The number of anilines is 1. The fraction of sp³-hybridized carbons (Fsp3) is 0.375. The van der Waals surface area contributed by atoms with Crippen LogP contribution in [0.15, 0.2) is 27.6 Å². The molecule has 2 aromatic rings. The number of carbonyl (C=O) groups is 1. The molecule has 0 bridgehead atoms. The van der Waals surface area contributed by atoms with Gasteiger partial charge in [-0.05, 0) is 44.4 Å². The van der Waals surface area contributed by atoms with E-state index in [-0.39, 0.29) is 17.2 Å². The van der Waals surface area contributed by atoms with Crippen molar-refractivity contribution in [2.45, 2.75) is 44.9 Å². The third kappa shape index (κ3) is 4.21. The third-order valence-corrected chi connectivity index (χ3v) is 4.81. The van der Waals surface area contributed by atoms with Crippen LogP contribution in [0.4, 0.5) is 5.69 Å². The van der Waals surface area contributed by atoms with Crippen LogP contribution in [0, 0.1) is 13.8 Å². The number of primary sulfonamides is 1.